The molecular formula is C24H23ClN6O. The third-order valence-corrected chi connectivity index (χ3v) is 6.76. The van der Waals surface area contributed by atoms with Crippen molar-refractivity contribution < 1.29 is 4.79 Å². The van der Waals surface area contributed by atoms with E-state index < -0.39 is 0 Å². The second-order valence-corrected chi connectivity index (χ2v) is 9.13. The van der Waals surface area contributed by atoms with Crippen LogP contribution in [0.1, 0.15) is 70.5 Å². The average Bonchev–Trinajstić information content (AvgIpc) is 3.36. The van der Waals surface area contributed by atoms with Crippen LogP contribution in [0.25, 0.3) is 5.65 Å². The number of amides is 1. The molecule has 0 radical (unpaired) electrons. The lowest BCUT2D eigenvalue weighted by atomic mass is 9.97. The molecule has 6 rings (SSSR count). The zero-order valence-electron chi connectivity index (χ0n) is 18.2. The molecule has 4 aromatic rings. The van der Waals surface area contributed by atoms with Gasteiger partial charge in [-0.1, -0.05) is 30.7 Å². The number of pyridine rings is 1. The van der Waals surface area contributed by atoms with Crippen LogP contribution in [0, 0.1) is 13.8 Å². The molecule has 4 heterocycles. The first-order valence-electron chi connectivity index (χ1n) is 11.0. The van der Waals surface area contributed by atoms with Crippen molar-refractivity contribution in [2.75, 3.05) is 4.90 Å². The summed E-state index contributed by atoms with van der Waals surface area (Å²) in [6, 6.07) is 9.86. The van der Waals surface area contributed by atoms with Gasteiger partial charge in [-0.3, -0.25) is 18.8 Å². The molecule has 32 heavy (non-hydrogen) atoms. The van der Waals surface area contributed by atoms with Gasteiger partial charge in [-0.2, -0.15) is 5.10 Å². The van der Waals surface area contributed by atoms with E-state index in [1.807, 2.05) is 64.4 Å². The van der Waals surface area contributed by atoms with E-state index in [0.717, 1.165) is 64.5 Å². The normalized spacial score (nSPS) is 18.1. The highest BCUT2D eigenvalue weighted by Gasteiger charge is 2.46. The van der Waals surface area contributed by atoms with Crippen LogP contribution in [0.3, 0.4) is 0 Å². The minimum absolute atomic E-state index is 0.0106. The molecule has 0 bridgehead atoms. The van der Waals surface area contributed by atoms with Crippen LogP contribution >= 0.6 is 11.6 Å². The number of nitrogens with zero attached hydrogens (tertiary/aromatic N) is 6. The molecule has 0 N–H and O–H groups in total. The number of hydrogen-bond acceptors (Lipinski definition) is 4. The molecule has 1 aliphatic carbocycles. The molecule has 8 heteroatoms. The minimum Gasteiger partial charge on any atom is -0.294 e. The van der Waals surface area contributed by atoms with Gasteiger partial charge >= 0.3 is 0 Å². The van der Waals surface area contributed by atoms with E-state index >= 15 is 0 Å². The van der Waals surface area contributed by atoms with Gasteiger partial charge in [-0.25, -0.2) is 0 Å². The van der Waals surface area contributed by atoms with E-state index in [2.05, 4.69) is 17.1 Å². The van der Waals surface area contributed by atoms with Gasteiger partial charge in [0.2, 0.25) is 0 Å². The Bertz CT molecular complexity index is 1380. The highest BCUT2D eigenvalue weighted by Crippen LogP contribution is 2.47. The molecule has 1 amide bonds. The van der Waals surface area contributed by atoms with Crippen LogP contribution in [0.5, 0.6) is 0 Å². The summed E-state index contributed by atoms with van der Waals surface area (Å²) in [7, 11) is 0. The summed E-state index contributed by atoms with van der Waals surface area (Å²) in [5.41, 5.74) is 6.35. The van der Waals surface area contributed by atoms with Gasteiger partial charge in [0.15, 0.2) is 5.65 Å². The Kier molecular flexibility index (Phi) is 4.21. The fourth-order valence-electron chi connectivity index (χ4n) is 4.81. The number of carbonyl (C=O) groups is 1. The van der Waals surface area contributed by atoms with E-state index in [1.165, 1.54) is 0 Å². The van der Waals surface area contributed by atoms with E-state index in [1.54, 1.807) is 0 Å². The lowest BCUT2D eigenvalue weighted by Gasteiger charge is -2.27. The second-order valence-electron chi connectivity index (χ2n) is 8.69. The summed E-state index contributed by atoms with van der Waals surface area (Å²) in [5, 5.41) is 14.0. The van der Waals surface area contributed by atoms with Crippen molar-refractivity contribution in [2.24, 2.45) is 0 Å². The molecule has 1 fully saturated rings. The van der Waals surface area contributed by atoms with Crippen molar-refractivity contribution in [3.8, 4) is 0 Å². The lowest BCUT2D eigenvalue weighted by molar-refractivity contribution is 0.0983. The maximum Gasteiger partial charge on any atom is 0.277 e. The zero-order chi connectivity index (χ0) is 22.1. The summed E-state index contributed by atoms with van der Waals surface area (Å²) >= 11 is 6.19. The first-order chi connectivity index (χ1) is 15.5. The summed E-state index contributed by atoms with van der Waals surface area (Å²) in [6.07, 6.45) is 4.88. The molecule has 0 unspecified atom stereocenters. The van der Waals surface area contributed by atoms with Gasteiger partial charge in [0.1, 0.15) is 11.5 Å². The Morgan fingerprint density at radius 2 is 1.88 bits per heavy atom. The Labute approximate surface area is 190 Å². The second kappa shape index (κ2) is 6.90. The quantitative estimate of drug-likeness (QED) is 0.449. The van der Waals surface area contributed by atoms with Gasteiger partial charge in [0.05, 0.1) is 23.5 Å². The zero-order valence-corrected chi connectivity index (χ0v) is 19.0. The van der Waals surface area contributed by atoms with Crippen molar-refractivity contribution in [1.82, 2.24) is 24.4 Å². The van der Waals surface area contributed by atoms with Gasteiger partial charge < -0.3 is 0 Å². The van der Waals surface area contributed by atoms with E-state index in [4.69, 9.17) is 16.7 Å². The number of aromatic nitrogens is 5. The highest BCUT2D eigenvalue weighted by atomic mass is 35.5. The maximum atomic E-state index is 14.0. The van der Waals surface area contributed by atoms with Gasteiger partial charge in [0.25, 0.3) is 5.91 Å². The highest BCUT2D eigenvalue weighted by molar-refractivity contribution is 6.30. The third kappa shape index (κ3) is 2.73. The monoisotopic (exact) mass is 446 g/mol. The number of rotatable bonds is 4. The lowest BCUT2D eigenvalue weighted by Crippen LogP contribution is -2.30. The molecule has 1 atom stereocenters. The van der Waals surface area contributed by atoms with Crippen molar-refractivity contribution in [3.05, 3.63) is 75.5 Å². The van der Waals surface area contributed by atoms with Crippen LogP contribution in [-0.4, -0.2) is 30.3 Å². The molecule has 2 aliphatic rings. The fourth-order valence-corrected chi connectivity index (χ4v) is 4.93. The Morgan fingerprint density at radius 1 is 1.12 bits per heavy atom. The standard InChI is InChI=1S/C24H23ClN6O/c1-4-19-20-21(15-5-7-16(25)8-6-15)30(24(32)22(20)31(28-19)17-9-10-17)18-11-13(2)23-27-26-14(3)29(23)12-18/h5-8,11-12,17,21H,4,9-10H2,1-3H3/t21-/m1/s1. The minimum atomic E-state index is -0.258. The number of fused-ring (bicyclic) bond motifs is 2. The Morgan fingerprint density at radius 3 is 2.56 bits per heavy atom. The van der Waals surface area contributed by atoms with Crippen molar-refractivity contribution >= 4 is 28.8 Å². The molecule has 3 aromatic heterocycles. The largest absolute Gasteiger partial charge is 0.294 e. The molecule has 7 nitrogen and oxygen atoms in total. The number of carbonyl (C=O) groups excluding carboxylic acids is 1. The topological polar surface area (TPSA) is 68.3 Å². The number of benzene rings is 1. The summed E-state index contributed by atoms with van der Waals surface area (Å²) in [5.74, 6) is 0.777. The van der Waals surface area contributed by atoms with Gasteiger partial charge in [-0.15, -0.1) is 10.2 Å². The Hall–Kier alpha value is -3.19. The predicted octanol–water partition coefficient (Wildman–Crippen LogP) is 4.84. The van der Waals surface area contributed by atoms with E-state index in [0.29, 0.717) is 11.1 Å². The van der Waals surface area contributed by atoms with Crippen LogP contribution in [0.15, 0.2) is 36.5 Å². The summed E-state index contributed by atoms with van der Waals surface area (Å²) in [6.45, 7) is 6.02. The first kappa shape index (κ1) is 19.5. The smallest absolute Gasteiger partial charge is 0.277 e. The fraction of sp³-hybridized carbons (Fsp3) is 0.333. The van der Waals surface area contributed by atoms with E-state index in [9.17, 15) is 4.79 Å². The van der Waals surface area contributed by atoms with E-state index in [-0.39, 0.29) is 11.9 Å². The number of aryl methyl sites for hydroxylation is 3. The number of anilines is 1. The van der Waals surface area contributed by atoms with Gasteiger partial charge in [0, 0.05) is 16.8 Å². The van der Waals surface area contributed by atoms with Crippen molar-refractivity contribution in [1.29, 1.82) is 0 Å². The maximum absolute atomic E-state index is 14.0. The average molecular weight is 447 g/mol. The Balaban J connectivity index is 1.60. The van der Waals surface area contributed by atoms with Crippen LogP contribution < -0.4 is 4.90 Å². The molecular weight excluding hydrogens is 424 g/mol. The van der Waals surface area contributed by atoms with Crippen LogP contribution in [-0.2, 0) is 6.42 Å². The molecule has 1 saturated carbocycles. The summed E-state index contributed by atoms with van der Waals surface area (Å²) < 4.78 is 3.93. The van der Waals surface area contributed by atoms with Crippen molar-refractivity contribution in [2.45, 2.75) is 52.1 Å². The predicted molar refractivity (Wildman–Crippen MR) is 122 cm³/mol. The third-order valence-electron chi connectivity index (χ3n) is 6.51. The van der Waals surface area contributed by atoms with Gasteiger partial charge in [-0.05, 0) is 62.4 Å². The summed E-state index contributed by atoms with van der Waals surface area (Å²) in [4.78, 5) is 15.9. The molecule has 1 aromatic carbocycles. The van der Waals surface area contributed by atoms with Crippen LogP contribution in [0.2, 0.25) is 5.02 Å². The number of halogens is 1. The molecule has 1 aliphatic heterocycles. The number of hydrogen-bond donors (Lipinski definition) is 0. The first-order valence-corrected chi connectivity index (χ1v) is 11.4. The molecule has 0 spiro atoms. The SMILES string of the molecule is CCc1nn(C2CC2)c2c1[C@@H](c1ccc(Cl)cc1)N(c1cc(C)c3nnc(C)n3c1)C2=O. The van der Waals surface area contributed by atoms with Crippen LogP contribution in [0.4, 0.5) is 5.69 Å². The molecule has 0 saturated heterocycles. The molecule has 162 valence electrons. The van der Waals surface area contributed by atoms with Crippen molar-refractivity contribution in [3.63, 3.8) is 0 Å².